The van der Waals surface area contributed by atoms with E-state index >= 15 is 0 Å². The zero-order valence-corrected chi connectivity index (χ0v) is 44.0. The summed E-state index contributed by atoms with van der Waals surface area (Å²) >= 11 is 0. The Hall–Kier alpha value is -7.16. The molecule has 0 N–H and O–H groups in total. The van der Waals surface area contributed by atoms with E-state index in [-0.39, 0.29) is 5.41 Å². The van der Waals surface area contributed by atoms with Crippen molar-refractivity contribution in [3.05, 3.63) is 240 Å². The number of anilines is 3. The first-order valence-electron chi connectivity index (χ1n) is 25.4. The minimum absolute atomic E-state index is 0.0650. The van der Waals surface area contributed by atoms with E-state index in [0.717, 1.165) is 0 Å². The molecule has 0 amide bonds. The van der Waals surface area contributed by atoms with Crippen LogP contribution < -0.4 is 4.90 Å². The van der Waals surface area contributed by atoms with Gasteiger partial charge in [-0.2, -0.15) is 0 Å². The topological polar surface area (TPSA) is 8.17 Å². The van der Waals surface area contributed by atoms with Crippen molar-refractivity contribution in [1.82, 2.24) is 4.57 Å². The Morgan fingerprint density at radius 2 is 0.870 bits per heavy atom. The van der Waals surface area contributed by atoms with Crippen molar-refractivity contribution in [1.29, 1.82) is 0 Å². The molecule has 2 heteroatoms. The number of rotatable bonds is 4. The van der Waals surface area contributed by atoms with Gasteiger partial charge in [0, 0.05) is 38.6 Å². The lowest BCUT2D eigenvalue weighted by Crippen LogP contribution is -2.17. The van der Waals surface area contributed by atoms with Crippen LogP contribution in [0, 0.1) is 27.7 Å². The molecule has 354 valence electrons. The summed E-state index contributed by atoms with van der Waals surface area (Å²) in [4.78, 5) is 2.42. The van der Waals surface area contributed by atoms with Crippen LogP contribution in [0.1, 0.15) is 103 Å². The summed E-state index contributed by atoms with van der Waals surface area (Å²) in [7, 11) is 0. The van der Waals surface area contributed by atoms with Gasteiger partial charge in [0.25, 0.3) is 0 Å². The molecule has 0 fully saturated rings. The van der Waals surface area contributed by atoms with E-state index in [1.807, 2.05) is 73.6 Å². The zero-order valence-electron chi connectivity index (χ0n) is 44.0. The van der Waals surface area contributed by atoms with Gasteiger partial charge in [-0.1, -0.05) is 238 Å². The molecule has 1 heterocycles. The fraction of sp³-hybridized carbons (Fsp3) is 0.224. The van der Waals surface area contributed by atoms with Gasteiger partial charge in [-0.3, -0.25) is 0 Å². The predicted octanol–water partition coefficient (Wildman–Crippen LogP) is 20.4. The SMILES string of the molecule is CC.CC.CC.CC.Cc1cccc(N(c2ccccc2)c2cc3c(c4ccccc24)-c2ccc(C)cc2C3(C)C)c1.Cc1cccc2c3ccccc3n(-c3ccccc3)c12.Cc1ccccc1. The molecule has 2 nitrogen and oxygen atoms in total. The smallest absolute Gasteiger partial charge is 0.0570 e. The van der Waals surface area contributed by atoms with Crippen molar-refractivity contribution in [3.8, 4) is 16.8 Å². The predicted molar refractivity (Wildman–Crippen MR) is 308 cm³/mol. The monoisotopic (exact) mass is 909 g/mol. The summed E-state index contributed by atoms with van der Waals surface area (Å²) in [6, 6.07) is 73.8. The van der Waals surface area contributed by atoms with Gasteiger partial charge in [-0.05, 0) is 115 Å². The average Bonchev–Trinajstić information content (AvgIpc) is 3.86. The van der Waals surface area contributed by atoms with Crippen molar-refractivity contribution in [3.63, 3.8) is 0 Å². The van der Waals surface area contributed by atoms with Gasteiger partial charge in [0.2, 0.25) is 0 Å². The molecule has 10 aromatic rings. The summed E-state index contributed by atoms with van der Waals surface area (Å²) in [6.07, 6.45) is 0. The van der Waals surface area contributed by atoms with Crippen molar-refractivity contribution in [2.24, 2.45) is 0 Å². The first kappa shape index (κ1) is 52.8. The molecular formula is C67H76N2. The third kappa shape index (κ3) is 11.4. The van der Waals surface area contributed by atoms with Crippen molar-refractivity contribution in [2.75, 3.05) is 4.90 Å². The van der Waals surface area contributed by atoms with Crippen LogP contribution in [0.5, 0.6) is 0 Å². The number of nitrogens with zero attached hydrogens (tertiary/aromatic N) is 2. The molecular weight excluding hydrogens is 833 g/mol. The van der Waals surface area contributed by atoms with Gasteiger partial charge >= 0.3 is 0 Å². The Morgan fingerprint density at radius 3 is 1.48 bits per heavy atom. The molecule has 0 unspecified atom stereocenters. The van der Waals surface area contributed by atoms with Gasteiger partial charge in [0.15, 0.2) is 0 Å². The van der Waals surface area contributed by atoms with E-state index in [1.165, 1.54) is 99.8 Å². The summed E-state index contributed by atoms with van der Waals surface area (Å²) in [6.45, 7) is 29.4. The van der Waals surface area contributed by atoms with Crippen LogP contribution in [0.25, 0.3) is 49.4 Å². The van der Waals surface area contributed by atoms with Crippen molar-refractivity contribution < 1.29 is 0 Å². The maximum Gasteiger partial charge on any atom is 0.0570 e. The Bertz CT molecular complexity index is 3140. The lowest BCUT2D eigenvalue weighted by Gasteiger charge is -2.30. The highest BCUT2D eigenvalue weighted by Gasteiger charge is 2.38. The summed E-state index contributed by atoms with van der Waals surface area (Å²) in [5.41, 5.74) is 18.1. The van der Waals surface area contributed by atoms with Crippen LogP contribution in [0.3, 0.4) is 0 Å². The molecule has 11 rings (SSSR count). The Kier molecular flexibility index (Phi) is 19.3. The highest BCUT2D eigenvalue weighted by atomic mass is 15.1. The lowest BCUT2D eigenvalue weighted by molar-refractivity contribution is 0.660. The lowest BCUT2D eigenvalue weighted by atomic mass is 9.81. The number of fused-ring (bicyclic) bond motifs is 8. The van der Waals surface area contributed by atoms with Gasteiger partial charge < -0.3 is 9.47 Å². The first-order chi connectivity index (χ1) is 33.7. The van der Waals surface area contributed by atoms with Crippen LogP contribution in [-0.2, 0) is 5.41 Å². The van der Waals surface area contributed by atoms with Crippen LogP contribution in [-0.4, -0.2) is 4.57 Å². The molecule has 0 aliphatic heterocycles. The third-order valence-corrected chi connectivity index (χ3v) is 12.2. The normalized spacial score (nSPS) is 11.2. The Labute approximate surface area is 416 Å². The summed E-state index contributed by atoms with van der Waals surface area (Å²) in [5.74, 6) is 0. The van der Waals surface area contributed by atoms with E-state index in [9.17, 15) is 0 Å². The minimum Gasteiger partial charge on any atom is -0.310 e. The minimum atomic E-state index is -0.0650. The Morgan fingerprint density at radius 1 is 0.377 bits per heavy atom. The second-order valence-corrected chi connectivity index (χ2v) is 16.9. The molecule has 9 aromatic carbocycles. The number of hydrogen-bond acceptors (Lipinski definition) is 1. The number of para-hydroxylation sites is 4. The van der Waals surface area contributed by atoms with Gasteiger partial charge in [0.1, 0.15) is 0 Å². The van der Waals surface area contributed by atoms with Gasteiger partial charge in [0.05, 0.1) is 16.7 Å². The van der Waals surface area contributed by atoms with Crippen molar-refractivity contribution >= 4 is 49.6 Å². The number of hydrogen-bond donors (Lipinski definition) is 0. The van der Waals surface area contributed by atoms with Crippen LogP contribution >= 0.6 is 0 Å². The molecule has 1 aromatic heterocycles. The van der Waals surface area contributed by atoms with E-state index in [4.69, 9.17) is 0 Å². The van der Waals surface area contributed by atoms with Crippen LogP contribution in [0.2, 0.25) is 0 Å². The summed E-state index contributed by atoms with van der Waals surface area (Å²) < 4.78 is 2.36. The summed E-state index contributed by atoms with van der Waals surface area (Å²) in [5, 5.41) is 5.23. The maximum absolute atomic E-state index is 2.45. The molecule has 0 radical (unpaired) electrons. The third-order valence-electron chi connectivity index (χ3n) is 12.2. The largest absolute Gasteiger partial charge is 0.310 e. The molecule has 1 aliphatic rings. The van der Waals surface area contributed by atoms with Crippen LogP contribution in [0.15, 0.2) is 206 Å². The van der Waals surface area contributed by atoms with Crippen molar-refractivity contribution in [2.45, 2.75) is 102 Å². The molecule has 0 saturated heterocycles. The van der Waals surface area contributed by atoms with E-state index < -0.39 is 0 Å². The maximum atomic E-state index is 2.45. The zero-order chi connectivity index (χ0) is 50.1. The number of aryl methyl sites for hydroxylation is 4. The van der Waals surface area contributed by atoms with Gasteiger partial charge in [-0.15, -0.1) is 0 Å². The second kappa shape index (κ2) is 25.3. The fourth-order valence-electron chi connectivity index (χ4n) is 9.20. The second-order valence-electron chi connectivity index (χ2n) is 16.9. The average molecular weight is 909 g/mol. The van der Waals surface area contributed by atoms with Crippen LogP contribution in [0.4, 0.5) is 17.1 Å². The van der Waals surface area contributed by atoms with E-state index in [0.29, 0.717) is 0 Å². The molecule has 0 bridgehead atoms. The molecule has 0 saturated carbocycles. The van der Waals surface area contributed by atoms with E-state index in [1.54, 1.807) is 0 Å². The number of aromatic nitrogens is 1. The van der Waals surface area contributed by atoms with E-state index in [2.05, 4.69) is 239 Å². The fourth-order valence-corrected chi connectivity index (χ4v) is 9.20. The standard InChI is InChI=1S/C33H29N.C19H15N.C7H8.4C2H6/c1-22-11-10-14-25(19-22)34(24-12-6-5-7-13-24)31-21-30-32(27-16-9-8-15-26(27)31)28-18-17-23(2)20-29(28)33(30,3)4;1-14-8-7-12-17-16-11-5-6-13-18(16)20(19(14)17)15-9-3-2-4-10-15;1-7-5-3-2-4-6-7;4*1-2/h5-21H,1-4H3;2-13H,1H3;2-6H,1H3;4*1-2H3. The quantitative estimate of drug-likeness (QED) is 0.171. The number of benzene rings is 9. The molecule has 0 spiro atoms. The molecule has 69 heavy (non-hydrogen) atoms. The molecule has 0 atom stereocenters. The highest BCUT2D eigenvalue weighted by Crippen LogP contribution is 2.54. The Balaban J connectivity index is 0.000000214. The first-order valence-corrected chi connectivity index (χ1v) is 25.4. The van der Waals surface area contributed by atoms with Gasteiger partial charge in [-0.25, -0.2) is 0 Å². The molecule has 1 aliphatic carbocycles. The highest BCUT2D eigenvalue weighted by molar-refractivity contribution is 6.11.